The number of amides is 1. The Kier molecular flexibility index (Phi) is 5.78. The zero-order valence-electron chi connectivity index (χ0n) is 11.8. The Bertz CT molecular complexity index is 625. The highest BCUT2D eigenvalue weighted by atomic mass is 35.5. The largest absolute Gasteiger partial charge is 0.344 e. The van der Waals surface area contributed by atoms with Gasteiger partial charge in [-0.3, -0.25) is 4.79 Å². The first-order valence-electron chi connectivity index (χ1n) is 6.25. The average Bonchev–Trinajstić information content (AvgIpc) is 2.88. The third kappa shape index (κ3) is 4.46. The molecule has 0 saturated carbocycles. The predicted octanol–water partition coefficient (Wildman–Crippen LogP) is 2.41. The summed E-state index contributed by atoms with van der Waals surface area (Å²) in [5.41, 5.74) is 6.27. The van der Waals surface area contributed by atoms with Crippen LogP contribution in [0, 0.1) is 0 Å². The summed E-state index contributed by atoms with van der Waals surface area (Å²) in [4.78, 5) is 12.1. The monoisotopic (exact) mass is 328 g/mol. The topological polar surface area (TPSA) is 72.9 Å². The number of nitrogens with two attached hydrogens (primary N) is 1. The fourth-order valence-corrected chi connectivity index (χ4v) is 1.81. The van der Waals surface area contributed by atoms with Crippen molar-refractivity contribution in [3.63, 3.8) is 0 Å². The van der Waals surface area contributed by atoms with E-state index in [1.165, 1.54) is 0 Å². The first kappa shape index (κ1) is 17.5. The van der Waals surface area contributed by atoms with E-state index >= 15 is 0 Å². The van der Waals surface area contributed by atoms with Crippen molar-refractivity contribution in [1.29, 1.82) is 0 Å². The van der Waals surface area contributed by atoms with Gasteiger partial charge in [-0.15, -0.1) is 12.4 Å². The van der Waals surface area contributed by atoms with E-state index in [1.54, 1.807) is 29.1 Å². The molecular formula is C14H18Cl2N4O. The fourth-order valence-electron chi connectivity index (χ4n) is 1.63. The van der Waals surface area contributed by atoms with Crippen LogP contribution in [0.3, 0.4) is 0 Å². The van der Waals surface area contributed by atoms with Crippen LogP contribution in [-0.2, 0) is 0 Å². The van der Waals surface area contributed by atoms with Crippen molar-refractivity contribution in [1.82, 2.24) is 15.1 Å². The van der Waals surface area contributed by atoms with E-state index in [0.717, 1.165) is 5.69 Å². The number of rotatable bonds is 4. The Morgan fingerprint density at radius 1 is 1.43 bits per heavy atom. The van der Waals surface area contributed by atoms with Gasteiger partial charge < -0.3 is 11.1 Å². The Balaban J connectivity index is 0.00000220. The van der Waals surface area contributed by atoms with Crippen LogP contribution in [0.2, 0.25) is 5.02 Å². The molecule has 2 rings (SSSR count). The van der Waals surface area contributed by atoms with Crippen molar-refractivity contribution in [3.05, 3.63) is 47.2 Å². The van der Waals surface area contributed by atoms with E-state index in [4.69, 9.17) is 17.3 Å². The zero-order chi connectivity index (χ0) is 14.8. The van der Waals surface area contributed by atoms with Gasteiger partial charge in [-0.05, 0) is 38.1 Å². The van der Waals surface area contributed by atoms with E-state index in [2.05, 4.69) is 10.4 Å². The number of nitrogens with zero attached hydrogens (tertiary/aromatic N) is 2. The van der Waals surface area contributed by atoms with Crippen molar-refractivity contribution in [3.8, 4) is 5.69 Å². The molecule has 1 aromatic heterocycles. The first-order valence-corrected chi connectivity index (χ1v) is 6.63. The summed E-state index contributed by atoms with van der Waals surface area (Å²) >= 11 is 5.94. The summed E-state index contributed by atoms with van der Waals surface area (Å²) in [5, 5.41) is 7.70. The molecule has 5 nitrogen and oxygen atoms in total. The summed E-state index contributed by atoms with van der Waals surface area (Å²) in [6.07, 6.45) is 1.72. The maximum Gasteiger partial charge on any atom is 0.272 e. The molecule has 1 heterocycles. The Hall–Kier alpha value is -1.56. The van der Waals surface area contributed by atoms with E-state index < -0.39 is 5.54 Å². The van der Waals surface area contributed by atoms with Crippen molar-refractivity contribution in [2.24, 2.45) is 5.73 Å². The Morgan fingerprint density at radius 2 is 2.14 bits per heavy atom. The highest BCUT2D eigenvalue weighted by Crippen LogP contribution is 2.14. The van der Waals surface area contributed by atoms with Gasteiger partial charge in [0.2, 0.25) is 0 Å². The minimum absolute atomic E-state index is 0. The molecule has 0 aliphatic carbocycles. The standard InChI is InChI=1S/C14H17ClN4O.ClH/c1-14(2,9-16)17-13(20)12-6-7-19(18-12)11-5-3-4-10(15)8-11;/h3-8H,9,16H2,1-2H3,(H,17,20);1H. The van der Waals surface area contributed by atoms with Crippen molar-refractivity contribution in [2.45, 2.75) is 19.4 Å². The molecule has 7 heteroatoms. The van der Waals surface area contributed by atoms with E-state index in [-0.39, 0.29) is 18.3 Å². The van der Waals surface area contributed by atoms with Gasteiger partial charge in [0.1, 0.15) is 0 Å². The van der Waals surface area contributed by atoms with Gasteiger partial charge in [-0.25, -0.2) is 4.68 Å². The molecule has 0 aliphatic rings. The number of carbonyl (C=O) groups excluding carboxylic acids is 1. The minimum Gasteiger partial charge on any atom is -0.344 e. The second-order valence-corrected chi connectivity index (χ2v) is 5.60. The molecule has 114 valence electrons. The van der Waals surface area contributed by atoms with Crippen LogP contribution < -0.4 is 11.1 Å². The van der Waals surface area contributed by atoms with Crippen LogP contribution in [0.5, 0.6) is 0 Å². The van der Waals surface area contributed by atoms with Crippen LogP contribution in [0.15, 0.2) is 36.5 Å². The van der Waals surface area contributed by atoms with Crippen molar-refractivity contribution < 1.29 is 4.79 Å². The summed E-state index contributed by atoms with van der Waals surface area (Å²) in [5.74, 6) is -0.249. The summed E-state index contributed by atoms with van der Waals surface area (Å²) in [6.45, 7) is 4.07. The smallest absolute Gasteiger partial charge is 0.272 e. The number of carbonyl (C=O) groups is 1. The Labute approximate surface area is 134 Å². The van der Waals surface area contributed by atoms with Crippen LogP contribution >= 0.6 is 24.0 Å². The van der Waals surface area contributed by atoms with Gasteiger partial charge in [0.05, 0.1) is 5.69 Å². The maximum absolute atomic E-state index is 12.1. The minimum atomic E-state index is -0.461. The quantitative estimate of drug-likeness (QED) is 0.905. The van der Waals surface area contributed by atoms with E-state index in [1.807, 2.05) is 26.0 Å². The third-order valence-electron chi connectivity index (χ3n) is 2.86. The molecule has 1 amide bonds. The van der Waals surface area contributed by atoms with Crippen LogP contribution in [0.25, 0.3) is 5.69 Å². The molecule has 0 aliphatic heterocycles. The normalized spacial score (nSPS) is 10.9. The molecule has 1 aromatic carbocycles. The number of nitrogens with one attached hydrogen (secondary N) is 1. The lowest BCUT2D eigenvalue weighted by Crippen LogP contribution is -2.48. The molecule has 0 spiro atoms. The number of aromatic nitrogens is 2. The molecule has 0 atom stereocenters. The number of halogens is 2. The molecule has 0 unspecified atom stereocenters. The average molecular weight is 329 g/mol. The van der Waals surface area contributed by atoms with Gasteiger partial charge >= 0.3 is 0 Å². The summed E-state index contributed by atoms with van der Waals surface area (Å²) in [7, 11) is 0. The molecular weight excluding hydrogens is 311 g/mol. The predicted molar refractivity (Wildman–Crippen MR) is 86.4 cm³/mol. The zero-order valence-corrected chi connectivity index (χ0v) is 13.4. The molecule has 0 bridgehead atoms. The summed E-state index contributed by atoms with van der Waals surface area (Å²) < 4.78 is 1.61. The highest BCUT2D eigenvalue weighted by molar-refractivity contribution is 6.30. The molecule has 0 fully saturated rings. The van der Waals surface area contributed by atoms with Gasteiger partial charge in [-0.2, -0.15) is 5.10 Å². The van der Waals surface area contributed by atoms with Gasteiger partial charge in [-0.1, -0.05) is 17.7 Å². The molecule has 3 N–H and O–H groups in total. The SMILES string of the molecule is CC(C)(CN)NC(=O)c1ccn(-c2cccc(Cl)c2)n1.Cl. The van der Waals surface area contributed by atoms with Crippen molar-refractivity contribution in [2.75, 3.05) is 6.54 Å². The maximum atomic E-state index is 12.1. The van der Waals surface area contributed by atoms with Crippen LogP contribution in [0.4, 0.5) is 0 Å². The lowest BCUT2D eigenvalue weighted by molar-refractivity contribution is 0.0910. The number of benzene rings is 1. The second-order valence-electron chi connectivity index (χ2n) is 5.17. The molecule has 21 heavy (non-hydrogen) atoms. The fraction of sp³-hybridized carbons (Fsp3) is 0.286. The van der Waals surface area contributed by atoms with E-state index in [9.17, 15) is 4.79 Å². The first-order chi connectivity index (χ1) is 9.41. The van der Waals surface area contributed by atoms with Gasteiger partial charge in [0.15, 0.2) is 5.69 Å². The van der Waals surface area contributed by atoms with E-state index in [0.29, 0.717) is 17.3 Å². The van der Waals surface area contributed by atoms with Gasteiger partial charge in [0, 0.05) is 23.3 Å². The lowest BCUT2D eigenvalue weighted by atomic mass is 10.1. The van der Waals surface area contributed by atoms with Gasteiger partial charge in [0.25, 0.3) is 5.91 Å². The Morgan fingerprint density at radius 3 is 2.76 bits per heavy atom. The number of hydrogen-bond donors (Lipinski definition) is 2. The molecule has 0 saturated heterocycles. The molecule has 2 aromatic rings. The highest BCUT2D eigenvalue weighted by Gasteiger charge is 2.20. The summed E-state index contributed by atoms with van der Waals surface area (Å²) in [6, 6.07) is 8.91. The van der Waals surface area contributed by atoms with Crippen LogP contribution in [0.1, 0.15) is 24.3 Å². The lowest BCUT2D eigenvalue weighted by Gasteiger charge is -2.23. The van der Waals surface area contributed by atoms with Crippen molar-refractivity contribution >= 4 is 29.9 Å². The third-order valence-corrected chi connectivity index (χ3v) is 3.09. The van der Waals surface area contributed by atoms with Crippen LogP contribution in [-0.4, -0.2) is 27.8 Å². The second kappa shape index (κ2) is 6.93. The molecule has 0 radical (unpaired) electrons. The number of hydrogen-bond acceptors (Lipinski definition) is 3.